The molecule has 0 saturated heterocycles. The van der Waals surface area contributed by atoms with E-state index in [9.17, 15) is 5.26 Å². The fraction of sp³-hybridized carbons (Fsp3) is 0.129. The minimum absolute atomic E-state index is 0.621. The number of nitriles is 1. The number of rotatable bonds is 7. The van der Waals surface area contributed by atoms with Gasteiger partial charge in [0, 0.05) is 32.8 Å². The smallest absolute Gasteiger partial charge is 0.0991 e. The van der Waals surface area contributed by atoms with Crippen molar-refractivity contribution in [3.63, 3.8) is 0 Å². The molecule has 2 heterocycles. The monoisotopic (exact) mass is 939 g/mol. The van der Waals surface area contributed by atoms with Gasteiger partial charge < -0.3 is 9.13 Å². The minimum Gasteiger partial charge on any atom is -0.309 e. The van der Waals surface area contributed by atoms with Crippen molar-refractivity contribution in [3.8, 4) is 73.1 Å². The van der Waals surface area contributed by atoms with Gasteiger partial charge in [-0.15, -0.1) is 0 Å². The maximum atomic E-state index is 10.4. The third kappa shape index (κ3) is 7.74. The normalized spacial score (nSPS) is 11.6. The summed E-state index contributed by atoms with van der Waals surface area (Å²) in [6.07, 6.45) is 0. The van der Waals surface area contributed by atoms with Crippen LogP contribution in [0.25, 0.3) is 111 Å². The van der Waals surface area contributed by atoms with Gasteiger partial charge in [0.05, 0.1) is 39.4 Å². The molecule has 0 spiro atoms. The van der Waals surface area contributed by atoms with E-state index in [0.717, 1.165) is 50.1 Å². The molecule has 0 aliphatic heterocycles. The van der Waals surface area contributed by atoms with Crippen molar-refractivity contribution >= 4 is 43.6 Å². The van der Waals surface area contributed by atoms with Crippen molar-refractivity contribution in [3.05, 3.63) is 238 Å². The highest BCUT2D eigenvalue weighted by atomic mass is 15.0. The molecule has 0 unspecified atom stereocenters. The summed E-state index contributed by atoms with van der Waals surface area (Å²) in [6, 6.07) is 70.4. The Morgan fingerprint density at radius 1 is 0.288 bits per heavy atom. The summed E-state index contributed by atoms with van der Waals surface area (Å²) in [5, 5.41) is 15.2. The van der Waals surface area contributed by atoms with E-state index in [4.69, 9.17) is 0 Å². The Morgan fingerprint density at radius 2 is 0.630 bits per heavy atom. The maximum absolute atomic E-state index is 10.4. The molecule has 12 rings (SSSR count). The van der Waals surface area contributed by atoms with Crippen LogP contribution in [-0.2, 0) is 0 Å². The van der Waals surface area contributed by atoms with E-state index in [1.54, 1.807) is 0 Å². The highest BCUT2D eigenvalue weighted by Crippen LogP contribution is 2.44. The molecule has 10 aromatic carbocycles. The summed E-state index contributed by atoms with van der Waals surface area (Å²) in [5.74, 6) is 0. The lowest BCUT2D eigenvalue weighted by molar-refractivity contribution is 1.12. The molecule has 12 aromatic rings. The highest BCUT2D eigenvalue weighted by molar-refractivity contribution is 6.13. The highest BCUT2D eigenvalue weighted by Gasteiger charge is 2.23. The fourth-order valence-corrected chi connectivity index (χ4v) is 11.9. The molecule has 0 amide bonds. The molecule has 0 aliphatic rings. The van der Waals surface area contributed by atoms with Crippen molar-refractivity contribution in [1.82, 2.24) is 9.13 Å². The molecule has 0 N–H and O–H groups in total. The predicted octanol–water partition coefficient (Wildman–Crippen LogP) is 18.9. The van der Waals surface area contributed by atoms with Crippen LogP contribution < -0.4 is 0 Å². The zero-order valence-electron chi connectivity index (χ0n) is 43.2. The number of hydrogen-bond donors (Lipinski definition) is 0. The second kappa shape index (κ2) is 17.5. The standard InChI is InChI=1S/C70H57N3/c1-41-13-21-56(45(5)29-41)52-17-25-60-61-26-18-53(57-22-14-42(2)30-46(57)6)36-68(61)72(67(60)35-52)65-39-64(51-12-10-11-50(34-51)40-71)66(33-49(65)9)73-69-37-54(58-23-15-43(3)31-47(58)7)19-27-62(69)63-28-20-55(38-70(63)73)59-24-16-44(4)32-48(59)8/h10-39H,1-9H3. The lowest BCUT2D eigenvalue weighted by atomic mass is 9.96. The number of aromatic nitrogens is 2. The van der Waals surface area contributed by atoms with E-state index in [0.29, 0.717) is 5.56 Å². The third-order valence-electron chi connectivity index (χ3n) is 15.4. The molecule has 0 fully saturated rings. The van der Waals surface area contributed by atoms with E-state index < -0.39 is 0 Å². The first-order valence-electron chi connectivity index (χ1n) is 25.4. The topological polar surface area (TPSA) is 33.6 Å². The summed E-state index contributed by atoms with van der Waals surface area (Å²) in [7, 11) is 0. The van der Waals surface area contributed by atoms with Crippen LogP contribution in [0.4, 0.5) is 0 Å². The first kappa shape index (κ1) is 45.4. The number of aryl methyl sites for hydroxylation is 9. The Bertz CT molecular complexity index is 4100. The Morgan fingerprint density at radius 3 is 0.973 bits per heavy atom. The second-order valence-electron chi connectivity index (χ2n) is 20.7. The van der Waals surface area contributed by atoms with Gasteiger partial charge >= 0.3 is 0 Å². The largest absolute Gasteiger partial charge is 0.309 e. The van der Waals surface area contributed by atoms with Crippen LogP contribution in [-0.4, -0.2) is 9.13 Å². The first-order valence-corrected chi connectivity index (χ1v) is 25.4. The van der Waals surface area contributed by atoms with Crippen molar-refractivity contribution in [2.45, 2.75) is 62.3 Å². The summed E-state index contributed by atoms with van der Waals surface area (Å²) < 4.78 is 5.00. The molecule has 2 aromatic heterocycles. The maximum Gasteiger partial charge on any atom is 0.0991 e. The molecular weight excluding hydrogens is 883 g/mol. The van der Waals surface area contributed by atoms with Crippen molar-refractivity contribution in [2.75, 3.05) is 0 Å². The Kier molecular flexibility index (Phi) is 10.9. The second-order valence-corrected chi connectivity index (χ2v) is 20.7. The number of nitrogens with zero attached hydrogens (tertiary/aromatic N) is 3. The van der Waals surface area contributed by atoms with E-state index in [1.807, 2.05) is 12.1 Å². The van der Waals surface area contributed by atoms with Gasteiger partial charge in [0.25, 0.3) is 0 Å². The van der Waals surface area contributed by atoms with Crippen LogP contribution in [0.1, 0.15) is 55.6 Å². The van der Waals surface area contributed by atoms with Gasteiger partial charge in [-0.05, 0) is 189 Å². The zero-order chi connectivity index (χ0) is 50.4. The SMILES string of the molecule is Cc1ccc(-c2ccc3c4ccc(-c5ccc(C)cc5C)cc4n(-c4cc(-c5cccc(C#N)c5)c(-n5c6cc(-c7ccc(C)cc7C)ccc6c6ccc(-c7ccc(C)cc7C)cc65)cc4C)c3c2)c(C)c1. The molecule has 0 bridgehead atoms. The van der Waals surface area contributed by atoms with Crippen LogP contribution >= 0.6 is 0 Å². The predicted molar refractivity (Wildman–Crippen MR) is 310 cm³/mol. The summed E-state index contributed by atoms with van der Waals surface area (Å²) in [5.41, 5.74) is 30.1. The molecule has 3 heteroatoms. The van der Waals surface area contributed by atoms with Gasteiger partial charge in [0.1, 0.15) is 0 Å². The van der Waals surface area contributed by atoms with Gasteiger partial charge in [-0.25, -0.2) is 0 Å². The Balaban J connectivity index is 1.19. The first-order chi connectivity index (χ1) is 35.3. The van der Waals surface area contributed by atoms with E-state index in [1.165, 1.54) is 111 Å². The fourth-order valence-electron chi connectivity index (χ4n) is 11.9. The molecule has 0 atom stereocenters. The van der Waals surface area contributed by atoms with Gasteiger partial charge in [-0.1, -0.05) is 156 Å². The van der Waals surface area contributed by atoms with Crippen molar-refractivity contribution < 1.29 is 0 Å². The van der Waals surface area contributed by atoms with Gasteiger partial charge in [0.2, 0.25) is 0 Å². The summed E-state index contributed by atoms with van der Waals surface area (Å²) in [4.78, 5) is 0. The van der Waals surface area contributed by atoms with Crippen LogP contribution in [0, 0.1) is 73.6 Å². The van der Waals surface area contributed by atoms with E-state index >= 15 is 0 Å². The minimum atomic E-state index is 0.621. The lowest BCUT2D eigenvalue weighted by Crippen LogP contribution is -2.04. The molecule has 73 heavy (non-hydrogen) atoms. The Labute approximate surface area is 428 Å². The molecule has 0 saturated carbocycles. The summed E-state index contributed by atoms with van der Waals surface area (Å²) in [6.45, 7) is 19.8. The number of fused-ring (bicyclic) bond motifs is 6. The van der Waals surface area contributed by atoms with Crippen LogP contribution in [0.5, 0.6) is 0 Å². The van der Waals surface area contributed by atoms with Crippen LogP contribution in [0.2, 0.25) is 0 Å². The number of hydrogen-bond acceptors (Lipinski definition) is 1. The Hall–Kier alpha value is -8.71. The van der Waals surface area contributed by atoms with Gasteiger partial charge in [-0.2, -0.15) is 5.26 Å². The van der Waals surface area contributed by atoms with Gasteiger partial charge in [0.15, 0.2) is 0 Å². The molecule has 0 aliphatic carbocycles. The van der Waals surface area contributed by atoms with Crippen molar-refractivity contribution in [2.24, 2.45) is 0 Å². The molecule has 352 valence electrons. The quantitative estimate of drug-likeness (QED) is 0.157. The average Bonchev–Trinajstić information content (AvgIpc) is 3.87. The molecule has 0 radical (unpaired) electrons. The van der Waals surface area contributed by atoms with Crippen molar-refractivity contribution in [1.29, 1.82) is 5.26 Å². The average molecular weight is 940 g/mol. The van der Waals surface area contributed by atoms with Crippen LogP contribution in [0.15, 0.2) is 182 Å². The zero-order valence-corrected chi connectivity index (χ0v) is 43.2. The third-order valence-corrected chi connectivity index (χ3v) is 15.4. The lowest BCUT2D eigenvalue weighted by Gasteiger charge is -2.20. The summed E-state index contributed by atoms with van der Waals surface area (Å²) >= 11 is 0. The van der Waals surface area contributed by atoms with Gasteiger partial charge in [-0.3, -0.25) is 0 Å². The molecular formula is C70H57N3. The number of benzene rings is 10. The van der Waals surface area contributed by atoms with E-state index in [-0.39, 0.29) is 0 Å². The molecule has 3 nitrogen and oxygen atoms in total. The van der Waals surface area contributed by atoms with Crippen LogP contribution in [0.3, 0.4) is 0 Å². The van der Waals surface area contributed by atoms with E-state index in [2.05, 4.69) is 247 Å².